The fraction of sp³-hybridized carbons (Fsp3) is 1.00. The predicted octanol–water partition coefficient (Wildman–Crippen LogP) is 2.66. The van der Waals surface area contributed by atoms with Gasteiger partial charge in [0.1, 0.15) is 0 Å². The molecule has 0 bridgehead atoms. The molecule has 122 valence electrons. The maximum absolute atomic E-state index is 6.08. The van der Waals surface area contributed by atoms with Gasteiger partial charge in [-0.25, -0.2) is 0 Å². The van der Waals surface area contributed by atoms with Crippen LogP contribution >= 0.6 is 0 Å². The van der Waals surface area contributed by atoms with Gasteiger partial charge < -0.3 is 15.2 Å². The molecular weight excluding hydrogens is 252 g/mol. The van der Waals surface area contributed by atoms with Crippen molar-refractivity contribution in [1.82, 2.24) is 4.90 Å². The van der Waals surface area contributed by atoms with Crippen LogP contribution in [0, 0.1) is 0 Å². The van der Waals surface area contributed by atoms with Gasteiger partial charge in [-0.1, -0.05) is 32.6 Å². The van der Waals surface area contributed by atoms with Crippen molar-refractivity contribution in [3.8, 4) is 0 Å². The van der Waals surface area contributed by atoms with E-state index in [9.17, 15) is 0 Å². The molecule has 0 aliphatic carbocycles. The third-order valence-corrected chi connectivity index (χ3v) is 4.11. The van der Waals surface area contributed by atoms with Crippen molar-refractivity contribution < 1.29 is 9.47 Å². The number of nitrogens with zero attached hydrogens (tertiary/aromatic N) is 1. The van der Waals surface area contributed by atoms with Gasteiger partial charge in [-0.2, -0.15) is 0 Å². The first kappa shape index (κ1) is 19.8. The lowest BCUT2D eigenvalue weighted by atomic mass is 9.91. The van der Waals surface area contributed by atoms with Gasteiger partial charge >= 0.3 is 0 Å². The van der Waals surface area contributed by atoms with E-state index in [1.54, 1.807) is 14.2 Å². The molecule has 0 aromatic heterocycles. The van der Waals surface area contributed by atoms with E-state index in [0.717, 1.165) is 32.7 Å². The minimum atomic E-state index is 0.0833. The highest BCUT2D eigenvalue weighted by atomic mass is 16.5. The van der Waals surface area contributed by atoms with Gasteiger partial charge in [0.25, 0.3) is 0 Å². The predicted molar refractivity (Wildman–Crippen MR) is 86.2 cm³/mol. The Morgan fingerprint density at radius 2 is 1.65 bits per heavy atom. The molecule has 0 amide bonds. The third-order valence-electron chi connectivity index (χ3n) is 4.11. The molecule has 20 heavy (non-hydrogen) atoms. The maximum atomic E-state index is 6.08. The number of methoxy groups -OCH3 is 2. The smallest absolute Gasteiger partial charge is 0.0589 e. The summed E-state index contributed by atoms with van der Waals surface area (Å²) in [6.07, 6.45) is 7.38. The highest BCUT2D eigenvalue weighted by Crippen LogP contribution is 2.22. The Morgan fingerprint density at radius 1 is 0.950 bits per heavy atom. The molecule has 0 aliphatic rings. The second-order valence-electron chi connectivity index (χ2n) is 5.84. The fourth-order valence-corrected chi connectivity index (χ4v) is 2.57. The minimum absolute atomic E-state index is 0.0833. The van der Waals surface area contributed by atoms with Crippen LogP contribution in [0.4, 0.5) is 0 Å². The first-order valence-electron chi connectivity index (χ1n) is 8.07. The SMILES string of the molecule is CCCCCCC(C)(CN)N(CCCOC)CCOC. The van der Waals surface area contributed by atoms with Crippen LogP contribution in [-0.2, 0) is 9.47 Å². The summed E-state index contributed by atoms with van der Waals surface area (Å²) in [7, 11) is 3.51. The molecule has 0 aromatic carbocycles. The van der Waals surface area contributed by atoms with Gasteiger partial charge in [0.15, 0.2) is 0 Å². The van der Waals surface area contributed by atoms with Crippen LogP contribution in [0.15, 0.2) is 0 Å². The van der Waals surface area contributed by atoms with Crippen LogP contribution in [0.1, 0.15) is 52.4 Å². The number of unbranched alkanes of at least 4 members (excludes halogenated alkanes) is 3. The Kier molecular flexibility index (Phi) is 12.5. The van der Waals surface area contributed by atoms with Crippen molar-refractivity contribution in [3.63, 3.8) is 0 Å². The van der Waals surface area contributed by atoms with Crippen molar-refractivity contribution in [2.45, 2.75) is 57.9 Å². The highest BCUT2D eigenvalue weighted by molar-refractivity contribution is 4.87. The maximum Gasteiger partial charge on any atom is 0.0589 e. The van der Waals surface area contributed by atoms with Crippen molar-refractivity contribution in [1.29, 1.82) is 0 Å². The number of hydrogen-bond donors (Lipinski definition) is 1. The first-order valence-corrected chi connectivity index (χ1v) is 8.07. The normalized spacial score (nSPS) is 14.7. The van der Waals surface area contributed by atoms with Crippen molar-refractivity contribution in [2.24, 2.45) is 5.73 Å². The average Bonchev–Trinajstić information content (AvgIpc) is 2.47. The molecule has 1 atom stereocenters. The van der Waals surface area contributed by atoms with Gasteiger partial charge in [0.05, 0.1) is 6.61 Å². The number of nitrogens with two attached hydrogens (primary N) is 1. The summed E-state index contributed by atoms with van der Waals surface area (Å²) in [6.45, 7) is 8.78. The van der Waals surface area contributed by atoms with Gasteiger partial charge in [-0.3, -0.25) is 4.90 Å². The van der Waals surface area contributed by atoms with Crippen LogP contribution in [0.25, 0.3) is 0 Å². The largest absolute Gasteiger partial charge is 0.385 e. The molecule has 0 aliphatic heterocycles. The first-order chi connectivity index (χ1) is 9.64. The summed E-state index contributed by atoms with van der Waals surface area (Å²) < 4.78 is 10.4. The Labute approximate surface area is 126 Å². The topological polar surface area (TPSA) is 47.7 Å². The lowest BCUT2D eigenvalue weighted by Gasteiger charge is -2.41. The molecule has 0 radical (unpaired) electrons. The zero-order valence-electron chi connectivity index (χ0n) is 14.1. The van der Waals surface area contributed by atoms with E-state index in [2.05, 4.69) is 18.7 Å². The molecule has 0 spiro atoms. The summed E-state index contributed by atoms with van der Waals surface area (Å²) >= 11 is 0. The fourth-order valence-electron chi connectivity index (χ4n) is 2.57. The molecule has 0 fully saturated rings. The third kappa shape index (κ3) is 8.20. The Bertz CT molecular complexity index is 215. The van der Waals surface area contributed by atoms with Crippen molar-refractivity contribution in [2.75, 3.05) is 47.1 Å². The molecule has 1 unspecified atom stereocenters. The van der Waals surface area contributed by atoms with E-state index in [4.69, 9.17) is 15.2 Å². The number of ether oxygens (including phenoxy) is 2. The molecule has 0 aromatic rings. The Morgan fingerprint density at radius 3 is 2.20 bits per heavy atom. The van der Waals surface area contributed by atoms with E-state index in [1.807, 2.05) is 0 Å². The number of rotatable bonds is 14. The van der Waals surface area contributed by atoms with Gasteiger partial charge in [-0.05, 0) is 19.8 Å². The second-order valence-corrected chi connectivity index (χ2v) is 5.84. The van der Waals surface area contributed by atoms with E-state index < -0.39 is 0 Å². The van der Waals surface area contributed by atoms with Crippen molar-refractivity contribution >= 4 is 0 Å². The van der Waals surface area contributed by atoms with E-state index >= 15 is 0 Å². The Hall–Kier alpha value is -0.160. The molecule has 4 heteroatoms. The standard InChI is InChI=1S/C16H36N2O2/c1-5-6-7-8-10-16(2,15-17)18(12-14-20-4)11-9-13-19-3/h5-15,17H2,1-4H3. The molecule has 0 saturated heterocycles. The number of hydrogen-bond acceptors (Lipinski definition) is 4. The van der Waals surface area contributed by atoms with Gasteiger partial charge in [0.2, 0.25) is 0 Å². The molecule has 0 heterocycles. The summed E-state index contributed by atoms with van der Waals surface area (Å²) in [5.74, 6) is 0. The van der Waals surface area contributed by atoms with Crippen LogP contribution in [0.2, 0.25) is 0 Å². The average molecular weight is 288 g/mol. The molecular formula is C16H36N2O2. The zero-order valence-corrected chi connectivity index (χ0v) is 14.1. The van der Waals surface area contributed by atoms with E-state index in [0.29, 0.717) is 6.54 Å². The summed E-state index contributed by atoms with van der Waals surface area (Å²) in [5, 5.41) is 0. The van der Waals surface area contributed by atoms with Crippen LogP contribution in [-0.4, -0.2) is 57.5 Å². The van der Waals surface area contributed by atoms with Gasteiger partial charge in [0, 0.05) is 46.0 Å². The van der Waals surface area contributed by atoms with Crippen LogP contribution < -0.4 is 5.73 Å². The van der Waals surface area contributed by atoms with Gasteiger partial charge in [-0.15, -0.1) is 0 Å². The highest BCUT2D eigenvalue weighted by Gasteiger charge is 2.29. The Balaban J connectivity index is 4.40. The quantitative estimate of drug-likeness (QED) is 0.499. The van der Waals surface area contributed by atoms with E-state index in [-0.39, 0.29) is 5.54 Å². The van der Waals surface area contributed by atoms with E-state index in [1.165, 1.54) is 32.1 Å². The zero-order chi connectivity index (χ0) is 15.3. The summed E-state index contributed by atoms with van der Waals surface area (Å²) in [5.41, 5.74) is 6.17. The van der Waals surface area contributed by atoms with Crippen molar-refractivity contribution in [3.05, 3.63) is 0 Å². The lowest BCUT2D eigenvalue weighted by molar-refractivity contribution is 0.0547. The summed E-state index contributed by atoms with van der Waals surface area (Å²) in [6, 6.07) is 0. The monoisotopic (exact) mass is 288 g/mol. The molecule has 0 rings (SSSR count). The van der Waals surface area contributed by atoms with Crippen LogP contribution in [0.5, 0.6) is 0 Å². The van der Waals surface area contributed by atoms with Crippen LogP contribution in [0.3, 0.4) is 0 Å². The lowest BCUT2D eigenvalue weighted by Crippen LogP contribution is -2.53. The molecule has 2 N–H and O–H groups in total. The second kappa shape index (κ2) is 12.6. The minimum Gasteiger partial charge on any atom is -0.385 e. The molecule has 4 nitrogen and oxygen atoms in total. The summed E-state index contributed by atoms with van der Waals surface area (Å²) in [4.78, 5) is 2.49. The molecule has 0 saturated carbocycles.